The molecule has 0 atom stereocenters. The molecule has 7 nitrogen and oxygen atoms in total. The summed E-state index contributed by atoms with van der Waals surface area (Å²) in [5.74, 6) is 1.51. The number of hydrogen-bond acceptors (Lipinski definition) is 7. The molecule has 3 aromatic rings. The van der Waals surface area contributed by atoms with Crippen molar-refractivity contribution in [3.05, 3.63) is 60.0 Å². The molecule has 0 bridgehead atoms. The smallest absolute Gasteiger partial charge is 0.240 e. The first kappa shape index (κ1) is 17.8. The summed E-state index contributed by atoms with van der Waals surface area (Å²) < 4.78 is 11.1. The molecule has 0 amide bonds. The third-order valence-corrected chi connectivity index (χ3v) is 5.06. The Balaban J connectivity index is 1.46. The number of pyridine rings is 1. The summed E-state index contributed by atoms with van der Waals surface area (Å²) >= 11 is 0. The van der Waals surface area contributed by atoms with Gasteiger partial charge in [0.2, 0.25) is 5.88 Å². The lowest BCUT2D eigenvalue weighted by Crippen LogP contribution is -2.36. The van der Waals surface area contributed by atoms with E-state index in [0.717, 1.165) is 65.9 Å². The standard InChI is InChI=1S/C22H21N5O2/c1-2-29-22-21(24-7-8-25-22)15-3-4-18-17(13-15)20(26-18)16-5-6-23-19(14-16)27-9-11-28-12-10-27/h3-8,13-14H,2,9-12H2,1H3. The number of fused-ring (bicyclic) bond motifs is 1. The number of anilines is 1. The summed E-state index contributed by atoms with van der Waals surface area (Å²) in [5.41, 5.74) is 5.84. The van der Waals surface area contributed by atoms with E-state index >= 15 is 0 Å². The predicted molar refractivity (Wildman–Crippen MR) is 111 cm³/mol. The minimum atomic E-state index is 0.546. The molecule has 29 heavy (non-hydrogen) atoms. The van der Waals surface area contributed by atoms with Gasteiger partial charge in [-0.2, -0.15) is 0 Å². The second kappa shape index (κ2) is 7.60. The zero-order chi connectivity index (χ0) is 19.6. The molecule has 2 aliphatic heterocycles. The number of ether oxygens (including phenoxy) is 2. The molecule has 0 aliphatic carbocycles. The molecule has 0 radical (unpaired) electrons. The minimum Gasteiger partial charge on any atom is -0.476 e. The maximum Gasteiger partial charge on any atom is 0.240 e. The maximum absolute atomic E-state index is 5.65. The van der Waals surface area contributed by atoms with Crippen LogP contribution in [0.3, 0.4) is 0 Å². The number of aliphatic imine (C=N–C) groups is 1. The normalized spacial score (nSPS) is 15.3. The van der Waals surface area contributed by atoms with Gasteiger partial charge in [-0.1, -0.05) is 6.07 Å². The van der Waals surface area contributed by atoms with Crippen molar-refractivity contribution in [2.24, 2.45) is 4.99 Å². The van der Waals surface area contributed by atoms with Crippen LogP contribution in [0.15, 0.2) is 53.9 Å². The van der Waals surface area contributed by atoms with Crippen molar-refractivity contribution in [1.82, 2.24) is 15.0 Å². The lowest BCUT2D eigenvalue weighted by Gasteiger charge is -2.28. The van der Waals surface area contributed by atoms with Crippen molar-refractivity contribution in [3.63, 3.8) is 0 Å². The molecule has 1 fully saturated rings. The molecule has 4 heterocycles. The van der Waals surface area contributed by atoms with E-state index < -0.39 is 0 Å². The zero-order valence-electron chi connectivity index (χ0n) is 16.2. The monoisotopic (exact) mass is 387 g/mol. The number of aromatic nitrogens is 3. The highest BCUT2D eigenvalue weighted by Gasteiger charge is 2.23. The van der Waals surface area contributed by atoms with Crippen LogP contribution in [0, 0.1) is 0 Å². The van der Waals surface area contributed by atoms with Crippen LogP contribution in [-0.2, 0) is 4.74 Å². The van der Waals surface area contributed by atoms with Crippen LogP contribution in [0.2, 0.25) is 0 Å². The first-order chi connectivity index (χ1) is 14.3. The quantitative estimate of drug-likeness (QED) is 0.523. The molecule has 0 N–H and O–H groups in total. The zero-order valence-corrected chi connectivity index (χ0v) is 16.2. The van der Waals surface area contributed by atoms with Crippen LogP contribution >= 0.6 is 0 Å². The number of rotatable bonds is 5. The molecule has 0 unspecified atom stereocenters. The van der Waals surface area contributed by atoms with Crippen molar-refractivity contribution in [2.45, 2.75) is 6.92 Å². The van der Waals surface area contributed by atoms with E-state index in [-0.39, 0.29) is 0 Å². The Morgan fingerprint density at radius 2 is 1.83 bits per heavy atom. The Labute approximate surface area is 169 Å². The summed E-state index contributed by atoms with van der Waals surface area (Å²) in [6.07, 6.45) is 5.18. The average Bonchev–Trinajstić information content (AvgIpc) is 2.76. The molecule has 0 saturated carbocycles. The summed E-state index contributed by atoms with van der Waals surface area (Å²) in [4.78, 5) is 20.3. The van der Waals surface area contributed by atoms with Crippen LogP contribution < -0.4 is 9.64 Å². The lowest BCUT2D eigenvalue weighted by molar-refractivity contribution is 0.122. The van der Waals surface area contributed by atoms with Crippen molar-refractivity contribution < 1.29 is 9.47 Å². The fraction of sp³-hybridized carbons (Fsp3) is 0.273. The van der Waals surface area contributed by atoms with Crippen LogP contribution in [-0.4, -0.2) is 53.6 Å². The van der Waals surface area contributed by atoms with Crippen molar-refractivity contribution >= 4 is 17.2 Å². The Hall–Kier alpha value is -3.32. The molecule has 1 aromatic carbocycles. The molecule has 2 aliphatic rings. The number of hydrogen-bond donors (Lipinski definition) is 0. The molecule has 7 heteroatoms. The fourth-order valence-electron chi connectivity index (χ4n) is 3.61. The van der Waals surface area contributed by atoms with Crippen LogP contribution in [0.4, 0.5) is 11.5 Å². The van der Waals surface area contributed by atoms with Crippen LogP contribution in [0.1, 0.15) is 18.1 Å². The molecular formula is C22H21N5O2. The Morgan fingerprint density at radius 1 is 0.966 bits per heavy atom. The summed E-state index contributed by atoms with van der Waals surface area (Å²) in [6.45, 7) is 5.67. The van der Waals surface area contributed by atoms with E-state index in [9.17, 15) is 0 Å². The first-order valence-corrected chi connectivity index (χ1v) is 9.80. The van der Waals surface area contributed by atoms with Gasteiger partial charge < -0.3 is 14.4 Å². The van der Waals surface area contributed by atoms with Gasteiger partial charge in [-0.25, -0.2) is 19.9 Å². The molecule has 1 saturated heterocycles. The van der Waals surface area contributed by atoms with Gasteiger partial charge >= 0.3 is 0 Å². The van der Waals surface area contributed by atoms with E-state index in [4.69, 9.17) is 14.5 Å². The number of benzene rings is 1. The summed E-state index contributed by atoms with van der Waals surface area (Å²) in [5, 5.41) is 0. The van der Waals surface area contributed by atoms with E-state index in [1.165, 1.54) is 0 Å². The van der Waals surface area contributed by atoms with E-state index in [1.54, 1.807) is 12.4 Å². The summed E-state index contributed by atoms with van der Waals surface area (Å²) in [7, 11) is 0. The lowest BCUT2D eigenvalue weighted by atomic mass is 9.93. The molecule has 146 valence electrons. The molecule has 2 aromatic heterocycles. The van der Waals surface area contributed by atoms with Gasteiger partial charge in [-0.05, 0) is 31.2 Å². The van der Waals surface area contributed by atoms with Gasteiger partial charge in [0.05, 0.1) is 31.2 Å². The van der Waals surface area contributed by atoms with Gasteiger partial charge in [0.1, 0.15) is 11.5 Å². The maximum atomic E-state index is 5.65. The Morgan fingerprint density at radius 3 is 2.69 bits per heavy atom. The van der Waals surface area contributed by atoms with Crippen molar-refractivity contribution in [1.29, 1.82) is 0 Å². The van der Waals surface area contributed by atoms with Crippen molar-refractivity contribution in [2.75, 3.05) is 37.8 Å². The minimum absolute atomic E-state index is 0.546. The van der Waals surface area contributed by atoms with Crippen LogP contribution in [0.5, 0.6) is 5.88 Å². The highest BCUT2D eigenvalue weighted by molar-refractivity contribution is 6.22. The topological polar surface area (TPSA) is 72.7 Å². The van der Waals surface area contributed by atoms with Gasteiger partial charge in [-0.3, -0.25) is 0 Å². The Kier molecular flexibility index (Phi) is 4.65. The van der Waals surface area contributed by atoms with E-state index in [0.29, 0.717) is 12.5 Å². The third-order valence-electron chi connectivity index (χ3n) is 5.06. The SMILES string of the molecule is CCOc1nccnc1-c1ccc2c(c1)C(c1ccnc(N3CCOCC3)c1)=N2. The molecule has 5 rings (SSSR count). The summed E-state index contributed by atoms with van der Waals surface area (Å²) in [6, 6.07) is 10.2. The predicted octanol–water partition coefficient (Wildman–Crippen LogP) is 3.26. The van der Waals surface area contributed by atoms with Gasteiger partial charge in [0, 0.05) is 48.4 Å². The Bertz CT molecular complexity index is 1080. The van der Waals surface area contributed by atoms with Gasteiger partial charge in [0.25, 0.3) is 0 Å². The van der Waals surface area contributed by atoms with Gasteiger partial charge in [0.15, 0.2) is 0 Å². The van der Waals surface area contributed by atoms with Crippen LogP contribution in [0.25, 0.3) is 11.3 Å². The number of nitrogens with zero attached hydrogens (tertiary/aromatic N) is 5. The highest BCUT2D eigenvalue weighted by Crippen LogP contribution is 2.37. The van der Waals surface area contributed by atoms with E-state index in [1.807, 2.05) is 31.3 Å². The number of morpholine rings is 1. The fourth-order valence-corrected chi connectivity index (χ4v) is 3.61. The molecular weight excluding hydrogens is 366 g/mol. The second-order valence-corrected chi connectivity index (χ2v) is 6.84. The third kappa shape index (κ3) is 3.34. The first-order valence-electron chi connectivity index (χ1n) is 9.80. The second-order valence-electron chi connectivity index (χ2n) is 6.84. The largest absolute Gasteiger partial charge is 0.476 e. The van der Waals surface area contributed by atoms with E-state index in [2.05, 4.69) is 32.0 Å². The highest BCUT2D eigenvalue weighted by atomic mass is 16.5. The average molecular weight is 387 g/mol. The van der Waals surface area contributed by atoms with Gasteiger partial charge in [-0.15, -0.1) is 0 Å². The van der Waals surface area contributed by atoms with Crippen molar-refractivity contribution in [3.8, 4) is 17.1 Å². The molecule has 0 spiro atoms.